The second-order valence-corrected chi connectivity index (χ2v) is 5.68. The fraction of sp³-hybridized carbons (Fsp3) is 0.417. The molecule has 7 nitrogen and oxygen atoms in total. The Bertz CT molecular complexity index is 533. The Balaban J connectivity index is 2.82. The summed E-state index contributed by atoms with van der Waals surface area (Å²) in [6.07, 6.45) is 2.26. The van der Waals surface area contributed by atoms with Gasteiger partial charge in [-0.2, -0.15) is 0 Å². The minimum Gasteiger partial charge on any atom is -0.379 e. The minimum absolute atomic E-state index is 0.149. The first-order chi connectivity index (χ1) is 9.45. The molecule has 0 radical (unpaired) electrons. The molecule has 1 atom stereocenters. The maximum absolute atomic E-state index is 11.4. The molecule has 0 fully saturated rings. The van der Waals surface area contributed by atoms with Crippen molar-refractivity contribution in [2.45, 2.75) is 6.42 Å². The lowest BCUT2D eigenvalue weighted by Gasteiger charge is -2.08. The van der Waals surface area contributed by atoms with E-state index in [1.54, 1.807) is 6.26 Å². The molecule has 110 valence electrons. The van der Waals surface area contributed by atoms with Crippen LogP contribution in [0.4, 0.5) is 11.4 Å². The average molecular weight is 299 g/mol. The zero-order valence-electron chi connectivity index (χ0n) is 11.3. The maximum Gasteiger partial charge on any atom is 0.293 e. The van der Waals surface area contributed by atoms with Crippen molar-refractivity contribution >= 4 is 28.1 Å². The standard InChI is InChI=1S/C12H17N3O4S/c1-13-12(16)9-4-5-10(11(8-9)15(17)18)14-6-3-7-20(2)19/h4-5,8,14H,3,6-7H2,1-2H3,(H,13,16). The monoisotopic (exact) mass is 299 g/mol. The van der Waals surface area contributed by atoms with E-state index in [4.69, 9.17) is 0 Å². The second-order valence-electron chi connectivity index (χ2n) is 4.13. The molecule has 1 unspecified atom stereocenters. The topological polar surface area (TPSA) is 101 Å². The van der Waals surface area contributed by atoms with Gasteiger partial charge in [0.25, 0.3) is 11.6 Å². The highest BCUT2D eigenvalue weighted by molar-refractivity contribution is 7.84. The van der Waals surface area contributed by atoms with Crippen molar-refractivity contribution < 1.29 is 13.9 Å². The van der Waals surface area contributed by atoms with Crippen molar-refractivity contribution in [3.05, 3.63) is 33.9 Å². The molecule has 0 heterocycles. The number of amides is 1. The van der Waals surface area contributed by atoms with Gasteiger partial charge in [-0.1, -0.05) is 0 Å². The summed E-state index contributed by atoms with van der Waals surface area (Å²) in [7, 11) is 0.588. The Labute approximate surface area is 119 Å². The molecule has 1 amide bonds. The Morgan fingerprint density at radius 3 is 2.70 bits per heavy atom. The summed E-state index contributed by atoms with van der Waals surface area (Å²) < 4.78 is 10.9. The van der Waals surface area contributed by atoms with E-state index in [9.17, 15) is 19.1 Å². The van der Waals surface area contributed by atoms with Crippen molar-refractivity contribution in [2.75, 3.05) is 30.9 Å². The van der Waals surface area contributed by atoms with Gasteiger partial charge < -0.3 is 10.6 Å². The van der Waals surface area contributed by atoms with Gasteiger partial charge in [0.1, 0.15) is 5.69 Å². The van der Waals surface area contributed by atoms with E-state index < -0.39 is 15.7 Å². The lowest BCUT2D eigenvalue weighted by Crippen LogP contribution is -2.18. The summed E-state index contributed by atoms with van der Waals surface area (Å²) >= 11 is 0. The van der Waals surface area contributed by atoms with E-state index >= 15 is 0 Å². The third-order valence-electron chi connectivity index (χ3n) is 2.61. The first-order valence-corrected chi connectivity index (χ1v) is 7.73. The molecule has 0 aliphatic heterocycles. The van der Waals surface area contributed by atoms with Crippen LogP contribution in [0.2, 0.25) is 0 Å². The predicted molar refractivity (Wildman–Crippen MR) is 78.5 cm³/mol. The average Bonchev–Trinajstić information content (AvgIpc) is 2.42. The van der Waals surface area contributed by atoms with Gasteiger partial charge in [0, 0.05) is 48.0 Å². The van der Waals surface area contributed by atoms with Crippen LogP contribution in [0.5, 0.6) is 0 Å². The number of nitro benzene ring substituents is 1. The molecule has 20 heavy (non-hydrogen) atoms. The van der Waals surface area contributed by atoms with Crippen molar-refractivity contribution in [3.63, 3.8) is 0 Å². The molecule has 1 aromatic rings. The van der Waals surface area contributed by atoms with E-state index in [0.717, 1.165) is 0 Å². The molecule has 0 spiro atoms. The SMILES string of the molecule is CNC(=O)c1ccc(NCCCS(C)=O)c([N+](=O)[O-])c1. The molecule has 0 bridgehead atoms. The lowest BCUT2D eigenvalue weighted by molar-refractivity contribution is -0.384. The predicted octanol–water partition coefficient (Wildman–Crippen LogP) is 1.13. The van der Waals surface area contributed by atoms with Gasteiger partial charge in [-0.25, -0.2) is 0 Å². The Morgan fingerprint density at radius 1 is 1.45 bits per heavy atom. The van der Waals surface area contributed by atoms with Crippen LogP contribution in [0, 0.1) is 10.1 Å². The zero-order valence-corrected chi connectivity index (χ0v) is 12.2. The Hall–Kier alpha value is -1.96. The first-order valence-electron chi connectivity index (χ1n) is 6.00. The molecule has 0 saturated heterocycles. The summed E-state index contributed by atoms with van der Waals surface area (Å²) in [5.41, 5.74) is 0.438. The van der Waals surface area contributed by atoms with E-state index in [1.807, 2.05) is 0 Å². The van der Waals surface area contributed by atoms with Gasteiger partial charge in [0.15, 0.2) is 0 Å². The van der Waals surface area contributed by atoms with Gasteiger partial charge in [0.05, 0.1) is 4.92 Å². The van der Waals surface area contributed by atoms with Crippen LogP contribution in [0.25, 0.3) is 0 Å². The molecule has 0 saturated carbocycles. The molecule has 0 aliphatic carbocycles. The molecule has 1 rings (SSSR count). The van der Waals surface area contributed by atoms with Crippen LogP contribution in [-0.4, -0.2) is 40.6 Å². The lowest BCUT2D eigenvalue weighted by atomic mass is 10.1. The molecule has 2 N–H and O–H groups in total. The quantitative estimate of drug-likeness (QED) is 0.446. The summed E-state index contributed by atoms with van der Waals surface area (Å²) in [6.45, 7) is 0.486. The van der Waals surface area contributed by atoms with Gasteiger partial charge in [-0.05, 0) is 18.6 Å². The number of nitrogens with one attached hydrogen (secondary N) is 2. The highest BCUT2D eigenvalue weighted by atomic mass is 32.2. The fourth-order valence-electron chi connectivity index (χ4n) is 1.62. The summed E-state index contributed by atoms with van der Waals surface area (Å²) in [6, 6.07) is 4.26. The van der Waals surface area contributed by atoms with Crippen LogP contribution in [0.15, 0.2) is 18.2 Å². The number of benzene rings is 1. The fourth-order valence-corrected chi connectivity index (χ4v) is 2.17. The number of nitrogens with zero attached hydrogens (tertiary/aromatic N) is 1. The van der Waals surface area contributed by atoms with E-state index in [1.165, 1.54) is 25.2 Å². The van der Waals surface area contributed by atoms with Crippen molar-refractivity contribution in [2.24, 2.45) is 0 Å². The van der Waals surface area contributed by atoms with E-state index in [2.05, 4.69) is 10.6 Å². The second kappa shape index (κ2) is 7.59. The number of anilines is 1. The largest absolute Gasteiger partial charge is 0.379 e. The van der Waals surface area contributed by atoms with Crippen LogP contribution in [0.3, 0.4) is 0 Å². The minimum atomic E-state index is -0.875. The van der Waals surface area contributed by atoms with E-state index in [-0.39, 0.29) is 17.2 Å². The molecule has 0 aliphatic rings. The van der Waals surface area contributed by atoms with Crippen molar-refractivity contribution in [3.8, 4) is 0 Å². The highest BCUT2D eigenvalue weighted by Gasteiger charge is 2.16. The Morgan fingerprint density at radius 2 is 2.15 bits per heavy atom. The van der Waals surface area contributed by atoms with Crippen LogP contribution < -0.4 is 10.6 Å². The molecule has 1 aromatic carbocycles. The van der Waals surface area contributed by atoms with Crippen LogP contribution in [0.1, 0.15) is 16.8 Å². The zero-order chi connectivity index (χ0) is 15.1. The normalized spacial score (nSPS) is 11.7. The van der Waals surface area contributed by atoms with Gasteiger partial charge in [-0.3, -0.25) is 19.1 Å². The van der Waals surface area contributed by atoms with Crippen molar-refractivity contribution in [1.82, 2.24) is 5.32 Å². The van der Waals surface area contributed by atoms with Crippen LogP contribution >= 0.6 is 0 Å². The number of hydrogen-bond acceptors (Lipinski definition) is 5. The van der Waals surface area contributed by atoms with Gasteiger partial charge in [0.2, 0.25) is 0 Å². The molecular weight excluding hydrogens is 282 g/mol. The summed E-state index contributed by atoms with van der Waals surface area (Å²) in [5, 5.41) is 16.4. The summed E-state index contributed by atoms with van der Waals surface area (Å²) in [5.74, 6) is 0.165. The third-order valence-corrected chi connectivity index (χ3v) is 3.47. The highest BCUT2D eigenvalue weighted by Crippen LogP contribution is 2.25. The summed E-state index contributed by atoms with van der Waals surface area (Å²) in [4.78, 5) is 21.9. The molecule has 8 heteroatoms. The third kappa shape index (κ3) is 4.61. The number of rotatable bonds is 7. The van der Waals surface area contributed by atoms with Crippen molar-refractivity contribution in [1.29, 1.82) is 0 Å². The number of carbonyl (C=O) groups is 1. The smallest absolute Gasteiger partial charge is 0.293 e. The number of hydrogen-bond donors (Lipinski definition) is 2. The number of nitro groups is 1. The van der Waals surface area contributed by atoms with E-state index in [0.29, 0.717) is 24.4 Å². The van der Waals surface area contributed by atoms with Gasteiger partial charge >= 0.3 is 0 Å². The first kappa shape index (κ1) is 16.1. The maximum atomic E-state index is 11.4. The number of carbonyl (C=O) groups excluding carboxylic acids is 1. The van der Waals surface area contributed by atoms with Crippen LogP contribution in [-0.2, 0) is 10.8 Å². The molecular formula is C12H17N3O4S. The Kier molecular flexibility index (Phi) is 6.10. The molecule has 0 aromatic heterocycles. The van der Waals surface area contributed by atoms with Gasteiger partial charge in [-0.15, -0.1) is 0 Å².